The Hall–Kier alpha value is -1.96. The van der Waals surface area contributed by atoms with Gasteiger partial charge in [0, 0.05) is 10.0 Å². The Labute approximate surface area is 155 Å². The lowest BCUT2D eigenvalue weighted by molar-refractivity contribution is -0.123. The van der Waals surface area contributed by atoms with E-state index in [-0.39, 0.29) is 27.3 Å². The molecule has 1 atom stereocenters. The third kappa shape index (κ3) is 3.68. The number of halogens is 2. The van der Waals surface area contributed by atoms with E-state index in [4.69, 9.17) is 27.9 Å². The fourth-order valence-electron chi connectivity index (χ4n) is 2.42. The maximum atomic E-state index is 12.8. The molecule has 1 aliphatic rings. The fourth-order valence-corrected chi connectivity index (χ4v) is 4.13. The second kappa shape index (κ2) is 6.74. The highest BCUT2D eigenvalue weighted by Gasteiger charge is 2.32. The van der Waals surface area contributed by atoms with Crippen molar-refractivity contribution in [3.63, 3.8) is 0 Å². The first-order chi connectivity index (χ1) is 11.8. The molecule has 2 aromatic carbocycles. The van der Waals surface area contributed by atoms with E-state index in [2.05, 4.69) is 10.0 Å². The van der Waals surface area contributed by atoms with Gasteiger partial charge in [-0.25, -0.2) is 8.42 Å². The van der Waals surface area contributed by atoms with Crippen LogP contribution < -0.4 is 14.8 Å². The van der Waals surface area contributed by atoms with Crippen LogP contribution in [-0.4, -0.2) is 20.4 Å². The van der Waals surface area contributed by atoms with Crippen molar-refractivity contribution in [2.45, 2.75) is 24.3 Å². The molecule has 1 amide bonds. The maximum Gasteiger partial charge on any atom is 0.265 e. The quantitative estimate of drug-likeness (QED) is 0.814. The molecule has 1 unspecified atom stereocenters. The van der Waals surface area contributed by atoms with Crippen LogP contribution in [0.1, 0.15) is 13.3 Å². The number of benzene rings is 2. The van der Waals surface area contributed by atoms with Crippen molar-refractivity contribution < 1.29 is 17.9 Å². The van der Waals surface area contributed by atoms with Gasteiger partial charge in [-0.3, -0.25) is 9.52 Å². The van der Waals surface area contributed by atoms with Crippen LogP contribution in [0.3, 0.4) is 0 Å². The van der Waals surface area contributed by atoms with Crippen molar-refractivity contribution in [2.75, 3.05) is 10.0 Å². The summed E-state index contributed by atoms with van der Waals surface area (Å²) in [6.45, 7) is 1.77. The van der Waals surface area contributed by atoms with E-state index in [1.807, 2.05) is 0 Å². The van der Waals surface area contributed by atoms with Crippen molar-refractivity contribution in [1.29, 1.82) is 0 Å². The Kier molecular flexibility index (Phi) is 4.81. The molecule has 0 bridgehead atoms. The summed E-state index contributed by atoms with van der Waals surface area (Å²) >= 11 is 11.9. The number of amides is 1. The number of anilines is 2. The maximum absolute atomic E-state index is 12.8. The number of hydrogen-bond donors (Lipinski definition) is 2. The van der Waals surface area contributed by atoms with E-state index in [9.17, 15) is 13.2 Å². The van der Waals surface area contributed by atoms with Crippen LogP contribution in [0, 0.1) is 0 Å². The Morgan fingerprint density at radius 2 is 1.96 bits per heavy atom. The summed E-state index contributed by atoms with van der Waals surface area (Å²) in [5.41, 5.74) is 0.516. The molecule has 132 valence electrons. The molecule has 3 rings (SSSR count). The van der Waals surface area contributed by atoms with Crippen LogP contribution in [0.15, 0.2) is 41.3 Å². The molecule has 9 heteroatoms. The van der Waals surface area contributed by atoms with Gasteiger partial charge < -0.3 is 10.1 Å². The van der Waals surface area contributed by atoms with E-state index in [0.29, 0.717) is 17.1 Å². The summed E-state index contributed by atoms with van der Waals surface area (Å²) in [7, 11) is -4.01. The normalized spacial score (nSPS) is 16.6. The number of carbonyl (C=O) groups is 1. The molecular weight excluding hydrogens is 387 g/mol. The number of sulfonamides is 1. The first-order valence-electron chi connectivity index (χ1n) is 7.39. The van der Waals surface area contributed by atoms with Crippen LogP contribution in [0.25, 0.3) is 0 Å². The average Bonchev–Trinajstić information content (AvgIpc) is 2.53. The lowest BCUT2D eigenvalue weighted by Gasteiger charge is -2.27. The van der Waals surface area contributed by atoms with E-state index >= 15 is 0 Å². The fraction of sp³-hybridized carbons (Fsp3) is 0.188. The van der Waals surface area contributed by atoms with E-state index < -0.39 is 16.1 Å². The van der Waals surface area contributed by atoms with Gasteiger partial charge in [-0.1, -0.05) is 36.2 Å². The predicted octanol–water partition coefficient (Wildman–Crippen LogP) is 3.90. The molecule has 1 aliphatic heterocycles. The number of carbonyl (C=O) groups excluding carboxylic acids is 1. The molecule has 0 fully saturated rings. The molecule has 0 saturated carbocycles. The molecule has 0 saturated heterocycles. The molecule has 0 aliphatic carbocycles. The zero-order valence-electron chi connectivity index (χ0n) is 13.0. The van der Waals surface area contributed by atoms with Crippen molar-refractivity contribution in [1.82, 2.24) is 0 Å². The molecule has 0 aromatic heterocycles. The molecular formula is C16H14Cl2N2O4S. The zero-order chi connectivity index (χ0) is 18.2. The van der Waals surface area contributed by atoms with E-state index in [1.54, 1.807) is 25.1 Å². The van der Waals surface area contributed by atoms with Crippen LogP contribution in [0.4, 0.5) is 11.4 Å². The van der Waals surface area contributed by atoms with Crippen LogP contribution >= 0.6 is 23.2 Å². The molecule has 2 aromatic rings. The van der Waals surface area contributed by atoms with Crippen LogP contribution in [-0.2, 0) is 14.8 Å². The van der Waals surface area contributed by atoms with Gasteiger partial charge in [0.1, 0.15) is 4.90 Å². The lowest BCUT2D eigenvalue weighted by Crippen LogP contribution is -2.37. The number of ether oxygens (including phenoxy) is 1. The summed E-state index contributed by atoms with van der Waals surface area (Å²) in [6.07, 6.45) is -0.372. The Balaban J connectivity index is 2.06. The standard InChI is InChI=1S/C16H14Cl2N2O4S/c1-2-13-16(21)19-12-7-10(18)8-14(15(12)24-13)25(22,23)20-11-5-3-4-9(17)6-11/h3-8,13,20H,2H2,1H3,(H,19,21). The summed E-state index contributed by atoms with van der Waals surface area (Å²) in [4.78, 5) is 11.8. The Morgan fingerprint density at radius 1 is 1.20 bits per heavy atom. The van der Waals surface area contributed by atoms with Gasteiger partial charge in [0.05, 0.1) is 11.4 Å². The van der Waals surface area contributed by atoms with Crippen molar-refractivity contribution in [3.05, 3.63) is 46.4 Å². The van der Waals surface area contributed by atoms with Gasteiger partial charge in [0.25, 0.3) is 15.9 Å². The van der Waals surface area contributed by atoms with Crippen molar-refractivity contribution in [2.24, 2.45) is 0 Å². The average molecular weight is 401 g/mol. The Morgan fingerprint density at radius 3 is 2.64 bits per heavy atom. The van der Waals surface area contributed by atoms with E-state index in [0.717, 1.165) is 0 Å². The van der Waals surface area contributed by atoms with Crippen molar-refractivity contribution >= 4 is 50.5 Å². The molecule has 1 heterocycles. The van der Waals surface area contributed by atoms with Gasteiger partial charge in [-0.15, -0.1) is 0 Å². The highest BCUT2D eigenvalue weighted by Crippen LogP contribution is 2.40. The van der Waals surface area contributed by atoms with Gasteiger partial charge in [0.15, 0.2) is 11.9 Å². The predicted molar refractivity (Wildman–Crippen MR) is 97.0 cm³/mol. The molecule has 0 radical (unpaired) electrons. The minimum absolute atomic E-state index is 0.0605. The lowest BCUT2D eigenvalue weighted by atomic mass is 10.2. The first kappa shape index (κ1) is 17.8. The monoisotopic (exact) mass is 400 g/mol. The number of fused-ring (bicyclic) bond motifs is 1. The van der Waals surface area contributed by atoms with Gasteiger partial charge in [-0.2, -0.15) is 0 Å². The topological polar surface area (TPSA) is 84.5 Å². The van der Waals surface area contributed by atoms with Gasteiger partial charge in [-0.05, 0) is 36.8 Å². The summed E-state index contributed by atoms with van der Waals surface area (Å²) < 4.78 is 33.7. The zero-order valence-corrected chi connectivity index (χ0v) is 15.4. The second-order valence-corrected chi connectivity index (χ2v) is 7.92. The molecule has 0 spiro atoms. The first-order valence-corrected chi connectivity index (χ1v) is 9.63. The molecule has 25 heavy (non-hydrogen) atoms. The van der Waals surface area contributed by atoms with Crippen molar-refractivity contribution in [3.8, 4) is 5.75 Å². The number of rotatable bonds is 4. The SMILES string of the molecule is CCC1Oc2c(cc(Cl)cc2S(=O)(=O)Nc2cccc(Cl)c2)NC1=O. The molecule has 6 nitrogen and oxygen atoms in total. The summed E-state index contributed by atoms with van der Waals surface area (Å²) in [6, 6.07) is 9.02. The second-order valence-electron chi connectivity index (χ2n) is 5.40. The van der Waals surface area contributed by atoms with Crippen LogP contribution in [0.2, 0.25) is 10.0 Å². The minimum atomic E-state index is -4.01. The minimum Gasteiger partial charge on any atom is -0.477 e. The highest BCUT2D eigenvalue weighted by atomic mass is 35.5. The summed E-state index contributed by atoms with van der Waals surface area (Å²) in [5, 5.41) is 3.17. The highest BCUT2D eigenvalue weighted by molar-refractivity contribution is 7.92. The number of nitrogens with one attached hydrogen (secondary N) is 2. The smallest absolute Gasteiger partial charge is 0.265 e. The van der Waals surface area contributed by atoms with Gasteiger partial charge >= 0.3 is 0 Å². The third-order valence-electron chi connectivity index (χ3n) is 3.57. The van der Waals surface area contributed by atoms with Crippen LogP contribution in [0.5, 0.6) is 5.75 Å². The molecule has 2 N–H and O–H groups in total. The Bertz CT molecular complexity index is 947. The number of hydrogen-bond acceptors (Lipinski definition) is 4. The van der Waals surface area contributed by atoms with Gasteiger partial charge in [0.2, 0.25) is 0 Å². The largest absolute Gasteiger partial charge is 0.477 e. The third-order valence-corrected chi connectivity index (χ3v) is 5.41. The summed E-state index contributed by atoms with van der Waals surface area (Å²) in [5.74, 6) is -0.284. The van der Waals surface area contributed by atoms with E-state index in [1.165, 1.54) is 18.2 Å².